The first-order valence-electron chi connectivity index (χ1n) is 23.1. The van der Waals surface area contributed by atoms with Gasteiger partial charge < -0.3 is 39.4 Å². The van der Waals surface area contributed by atoms with E-state index in [1.807, 2.05) is 12.1 Å². The summed E-state index contributed by atoms with van der Waals surface area (Å²) in [5.74, 6) is -2.18. The van der Waals surface area contributed by atoms with Crippen LogP contribution in [0.5, 0.6) is 0 Å². The van der Waals surface area contributed by atoms with Gasteiger partial charge in [0.2, 0.25) is 11.8 Å². The molecule has 14 nitrogen and oxygen atoms in total. The second-order valence-corrected chi connectivity index (χ2v) is 19.2. The first-order chi connectivity index (χ1) is 29.3. The van der Waals surface area contributed by atoms with Crippen LogP contribution in [0.4, 0.5) is 0 Å². The van der Waals surface area contributed by atoms with Crippen LogP contribution in [-0.2, 0) is 54.2 Å². The van der Waals surface area contributed by atoms with Crippen molar-refractivity contribution in [2.24, 2.45) is 11.3 Å². The molecule has 338 valence electrons. The average Bonchev–Trinajstić information content (AvgIpc) is 3.76. The molecule has 4 saturated heterocycles. The first kappa shape index (κ1) is 45.6. The molecule has 0 spiro atoms. The Kier molecular flexibility index (Phi) is 14.6. The van der Waals surface area contributed by atoms with Gasteiger partial charge in [-0.3, -0.25) is 24.0 Å². The third-order valence-electron chi connectivity index (χ3n) is 13.2. The summed E-state index contributed by atoms with van der Waals surface area (Å²) < 4.78 is 31.2. The van der Waals surface area contributed by atoms with Crippen molar-refractivity contribution in [2.45, 2.75) is 198 Å². The molecule has 3 N–H and O–H groups in total. The van der Waals surface area contributed by atoms with Gasteiger partial charge in [0.15, 0.2) is 11.8 Å². The Morgan fingerprint density at radius 1 is 1.00 bits per heavy atom. The summed E-state index contributed by atoms with van der Waals surface area (Å²) in [6.45, 7) is 9.50. The second kappa shape index (κ2) is 19.6. The third kappa shape index (κ3) is 10.7. The van der Waals surface area contributed by atoms with E-state index in [0.29, 0.717) is 31.0 Å². The number of carbonyl (C=O) groups excluding carboxylic acids is 4. The number of hydroxylamine groups is 2. The lowest BCUT2D eigenvalue weighted by Crippen LogP contribution is -2.69. The van der Waals surface area contributed by atoms with Crippen LogP contribution >= 0.6 is 0 Å². The lowest BCUT2D eigenvalue weighted by atomic mass is 9.62. The SMILES string of the molecule is CCCCCC1(CCCCC)OC2C3CC4(C(=O)NCCC(=O)NC(CO)CCC(=O)OC(C)(C)C)C(ON(Cc5cccc(C=CC6CCC7OC7C6)c5)C4C(=O)O3)C2O1. The number of nitrogens with one attached hydrogen (secondary N) is 2. The van der Waals surface area contributed by atoms with Gasteiger partial charge >= 0.3 is 11.9 Å². The monoisotopic (exact) mass is 851 g/mol. The number of allylic oxidation sites excluding steroid dienone is 1. The number of aliphatic hydroxyl groups is 1. The molecule has 6 fully saturated rings. The van der Waals surface area contributed by atoms with E-state index in [2.05, 4.69) is 48.8 Å². The average molecular weight is 852 g/mol. The van der Waals surface area contributed by atoms with Gasteiger partial charge in [-0.1, -0.05) is 75.9 Å². The molecule has 1 aromatic rings. The maximum Gasteiger partial charge on any atom is 0.327 e. The van der Waals surface area contributed by atoms with Gasteiger partial charge in [-0.25, -0.2) is 0 Å². The highest BCUT2D eigenvalue weighted by molar-refractivity contribution is 5.94. The van der Waals surface area contributed by atoms with Crippen molar-refractivity contribution >= 4 is 29.8 Å². The largest absolute Gasteiger partial charge is 0.460 e. The minimum absolute atomic E-state index is 0.0257. The highest BCUT2D eigenvalue weighted by Crippen LogP contribution is 2.58. The number of epoxide rings is 1. The van der Waals surface area contributed by atoms with Crippen molar-refractivity contribution in [3.63, 3.8) is 0 Å². The summed E-state index contributed by atoms with van der Waals surface area (Å²) in [7, 11) is 0. The van der Waals surface area contributed by atoms with Crippen LogP contribution in [0, 0.1) is 11.3 Å². The lowest BCUT2D eigenvalue weighted by Gasteiger charge is -2.48. The number of aliphatic hydroxyl groups excluding tert-OH is 1. The second-order valence-electron chi connectivity index (χ2n) is 19.2. The van der Waals surface area contributed by atoms with Crippen LogP contribution in [0.25, 0.3) is 6.08 Å². The smallest absolute Gasteiger partial charge is 0.327 e. The number of carbonyl (C=O) groups is 4. The number of benzene rings is 1. The van der Waals surface area contributed by atoms with Crippen molar-refractivity contribution in [2.75, 3.05) is 13.2 Å². The van der Waals surface area contributed by atoms with Crippen molar-refractivity contribution < 1.29 is 52.8 Å². The number of hydrogen-bond acceptors (Lipinski definition) is 12. The topological polar surface area (TPSA) is 174 Å². The molecule has 61 heavy (non-hydrogen) atoms. The zero-order chi connectivity index (χ0) is 43.4. The molecule has 4 aliphatic heterocycles. The predicted molar refractivity (Wildman–Crippen MR) is 225 cm³/mol. The quantitative estimate of drug-likeness (QED) is 0.0771. The van der Waals surface area contributed by atoms with Crippen molar-refractivity contribution in [1.29, 1.82) is 0 Å². The van der Waals surface area contributed by atoms with Gasteiger partial charge in [0.25, 0.3) is 0 Å². The van der Waals surface area contributed by atoms with Gasteiger partial charge in [0.05, 0.1) is 31.4 Å². The molecular weight excluding hydrogens is 783 g/mol. The van der Waals surface area contributed by atoms with E-state index < -0.39 is 77.1 Å². The zero-order valence-electron chi connectivity index (χ0n) is 36.9. The minimum Gasteiger partial charge on any atom is -0.460 e. The van der Waals surface area contributed by atoms with E-state index in [-0.39, 0.29) is 45.4 Å². The number of unbranched alkanes of at least 4 members (excludes halogenated alkanes) is 4. The highest BCUT2D eigenvalue weighted by Gasteiger charge is 2.76. The fourth-order valence-electron chi connectivity index (χ4n) is 10.2. The predicted octanol–water partition coefficient (Wildman–Crippen LogP) is 5.81. The van der Waals surface area contributed by atoms with Crippen LogP contribution in [0.2, 0.25) is 0 Å². The van der Waals surface area contributed by atoms with Crippen LogP contribution in [0.15, 0.2) is 30.3 Å². The number of ether oxygens (including phenoxy) is 5. The molecule has 6 aliphatic rings. The van der Waals surface area contributed by atoms with E-state index in [1.54, 1.807) is 25.8 Å². The third-order valence-corrected chi connectivity index (χ3v) is 13.2. The zero-order valence-corrected chi connectivity index (χ0v) is 36.9. The summed E-state index contributed by atoms with van der Waals surface area (Å²) >= 11 is 0. The molecule has 1 aromatic carbocycles. The molecule has 2 bridgehead atoms. The summed E-state index contributed by atoms with van der Waals surface area (Å²) in [5, 5.41) is 17.3. The Balaban J connectivity index is 1.08. The molecule has 10 atom stereocenters. The number of esters is 2. The fourth-order valence-corrected chi connectivity index (χ4v) is 10.2. The van der Waals surface area contributed by atoms with Gasteiger partial charge in [0, 0.05) is 38.6 Å². The lowest BCUT2D eigenvalue weighted by molar-refractivity contribution is -0.224. The van der Waals surface area contributed by atoms with E-state index >= 15 is 0 Å². The Morgan fingerprint density at radius 3 is 2.46 bits per heavy atom. The molecule has 2 aliphatic carbocycles. The van der Waals surface area contributed by atoms with E-state index in [4.69, 9.17) is 28.5 Å². The number of nitrogens with zero attached hydrogens (tertiary/aromatic N) is 1. The van der Waals surface area contributed by atoms with Gasteiger partial charge in [-0.15, -0.1) is 0 Å². The van der Waals surface area contributed by atoms with Gasteiger partial charge in [-0.05, 0) is 76.3 Å². The Hall–Kier alpha value is -3.40. The molecule has 7 rings (SSSR count). The standard InChI is InChI=1S/C47H69N3O11/c1-6-8-10-22-46(23-11-9-7-2)59-39-36-27-47(44(55)48-24-21-37(52)49-33(29-51)18-20-38(53)58-45(3,4)5)41(43(54)57-36)50(61-42(47)40(39)60-46)28-32-14-12-13-30(25-32)15-16-31-17-19-34-35(26-31)56-34/h12-16,25,31,33-36,39-42,51H,6-11,17-24,26-29H2,1-5H3,(H,48,55)(H,49,52). The number of fused-ring (bicyclic) bond motifs is 5. The molecule has 2 saturated carbocycles. The molecule has 2 amide bonds. The fraction of sp³-hybridized carbons (Fsp3) is 0.745. The number of amides is 2. The van der Waals surface area contributed by atoms with Crippen LogP contribution in [0.3, 0.4) is 0 Å². The maximum atomic E-state index is 14.8. The summed E-state index contributed by atoms with van der Waals surface area (Å²) in [4.78, 5) is 61.2. The summed E-state index contributed by atoms with van der Waals surface area (Å²) in [6.07, 6.45) is 13.4. The minimum atomic E-state index is -1.38. The van der Waals surface area contributed by atoms with Crippen LogP contribution in [0.1, 0.15) is 142 Å². The van der Waals surface area contributed by atoms with Crippen LogP contribution < -0.4 is 10.6 Å². The Labute approximate surface area is 361 Å². The Morgan fingerprint density at radius 2 is 1.75 bits per heavy atom. The molecule has 0 radical (unpaired) electrons. The normalized spacial score (nSPS) is 31.5. The van der Waals surface area contributed by atoms with Crippen molar-refractivity contribution in [1.82, 2.24) is 15.7 Å². The van der Waals surface area contributed by atoms with Gasteiger partial charge in [0.1, 0.15) is 35.4 Å². The summed E-state index contributed by atoms with van der Waals surface area (Å²) in [6, 6.07) is 6.40. The molecule has 0 aromatic heterocycles. The Bertz CT molecular complexity index is 1740. The van der Waals surface area contributed by atoms with E-state index in [1.165, 1.54) is 0 Å². The molecule has 14 heteroatoms. The first-order valence-corrected chi connectivity index (χ1v) is 23.1. The van der Waals surface area contributed by atoms with Crippen molar-refractivity contribution in [3.05, 3.63) is 41.5 Å². The number of hydrogen-bond donors (Lipinski definition) is 3. The van der Waals surface area contributed by atoms with Gasteiger partial charge in [-0.2, -0.15) is 5.06 Å². The summed E-state index contributed by atoms with van der Waals surface area (Å²) in [5.41, 5.74) is -0.0726. The number of rotatable bonds is 21. The van der Waals surface area contributed by atoms with E-state index in [9.17, 15) is 24.3 Å². The maximum absolute atomic E-state index is 14.8. The van der Waals surface area contributed by atoms with Crippen molar-refractivity contribution in [3.8, 4) is 0 Å². The highest BCUT2D eigenvalue weighted by atomic mass is 16.8. The molecule has 10 unspecified atom stereocenters. The van der Waals surface area contributed by atoms with E-state index in [0.717, 1.165) is 68.9 Å². The molecule has 4 heterocycles. The van der Waals surface area contributed by atoms with Crippen LogP contribution in [-0.4, -0.2) is 107 Å². The molecular formula is C47H69N3O11.